The summed E-state index contributed by atoms with van der Waals surface area (Å²) < 4.78 is 29.1. The van der Waals surface area contributed by atoms with Crippen molar-refractivity contribution in [2.75, 3.05) is 11.9 Å². The quantitative estimate of drug-likeness (QED) is 0.555. The molecule has 0 bridgehead atoms. The van der Waals surface area contributed by atoms with Crippen molar-refractivity contribution in [2.24, 2.45) is 0 Å². The van der Waals surface area contributed by atoms with Crippen molar-refractivity contribution in [3.8, 4) is 0 Å². The number of halogens is 2. The Morgan fingerprint density at radius 1 is 1.36 bits per heavy atom. The summed E-state index contributed by atoms with van der Waals surface area (Å²) in [6.07, 6.45) is 4.52. The SMILES string of the molecule is [C-]#[N+]c1cc(CCC)sc1NC[C@@](O)(Cn1cncn1)c1ccc(F)cc1F. The van der Waals surface area contributed by atoms with E-state index in [9.17, 15) is 13.9 Å². The maximum atomic E-state index is 14.4. The maximum Gasteiger partial charge on any atom is 0.220 e. The number of hydrogen-bond acceptors (Lipinski definition) is 5. The summed E-state index contributed by atoms with van der Waals surface area (Å²) in [7, 11) is 0. The van der Waals surface area contributed by atoms with E-state index in [2.05, 4.69) is 27.2 Å². The fraction of sp³-hybridized carbons (Fsp3) is 0.316. The van der Waals surface area contributed by atoms with Gasteiger partial charge in [0.1, 0.15) is 29.9 Å². The number of aliphatic hydroxyl groups is 1. The van der Waals surface area contributed by atoms with Crippen molar-refractivity contribution in [3.63, 3.8) is 0 Å². The molecule has 2 N–H and O–H groups in total. The van der Waals surface area contributed by atoms with Gasteiger partial charge in [-0.2, -0.15) is 5.10 Å². The van der Waals surface area contributed by atoms with Crippen molar-refractivity contribution >= 4 is 22.0 Å². The fourth-order valence-corrected chi connectivity index (χ4v) is 4.01. The van der Waals surface area contributed by atoms with Crippen molar-refractivity contribution in [1.82, 2.24) is 14.8 Å². The molecule has 3 aromatic rings. The zero-order chi connectivity index (χ0) is 20.1. The first kappa shape index (κ1) is 19.9. The van der Waals surface area contributed by atoms with Gasteiger partial charge in [-0.1, -0.05) is 19.4 Å². The summed E-state index contributed by atoms with van der Waals surface area (Å²) in [6, 6.07) is 4.87. The first-order chi connectivity index (χ1) is 13.4. The molecule has 6 nitrogen and oxygen atoms in total. The van der Waals surface area contributed by atoms with Crippen LogP contribution in [0.5, 0.6) is 0 Å². The zero-order valence-corrected chi connectivity index (χ0v) is 16.0. The van der Waals surface area contributed by atoms with Crippen LogP contribution in [-0.4, -0.2) is 26.4 Å². The first-order valence-corrected chi connectivity index (χ1v) is 9.51. The Labute approximate surface area is 165 Å². The summed E-state index contributed by atoms with van der Waals surface area (Å²) in [5.74, 6) is -1.58. The predicted molar refractivity (Wildman–Crippen MR) is 103 cm³/mol. The number of nitrogens with one attached hydrogen (secondary N) is 1. The largest absolute Gasteiger partial charge is 0.382 e. The van der Waals surface area contributed by atoms with Crippen LogP contribution in [0.1, 0.15) is 23.8 Å². The third-order valence-electron chi connectivity index (χ3n) is 4.24. The molecule has 0 aliphatic carbocycles. The van der Waals surface area contributed by atoms with Crippen LogP contribution in [-0.2, 0) is 18.6 Å². The van der Waals surface area contributed by atoms with E-state index in [1.165, 1.54) is 34.7 Å². The van der Waals surface area contributed by atoms with Gasteiger partial charge in [0.25, 0.3) is 0 Å². The molecule has 146 valence electrons. The van der Waals surface area contributed by atoms with Gasteiger partial charge in [0.15, 0.2) is 0 Å². The summed E-state index contributed by atoms with van der Waals surface area (Å²) in [5, 5.41) is 18.9. The fourth-order valence-electron chi connectivity index (χ4n) is 2.92. The van der Waals surface area contributed by atoms with Gasteiger partial charge in [-0.15, -0.1) is 11.3 Å². The van der Waals surface area contributed by atoms with E-state index < -0.39 is 17.2 Å². The molecule has 1 aromatic carbocycles. The van der Waals surface area contributed by atoms with Crippen LogP contribution in [0.15, 0.2) is 36.9 Å². The Balaban J connectivity index is 1.91. The number of aryl methyl sites for hydroxylation is 1. The minimum Gasteiger partial charge on any atom is -0.382 e. The molecule has 0 radical (unpaired) electrons. The third kappa shape index (κ3) is 4.35. The number of anilines is 1. The summed E-state index contributed by atoms with van der Waals surface area (Å²) >= 11 is 1.43. The molecule has 1 atom stereocenters. The average Bonchev–Trinajstić information content (AvgIpc) is 3.29. The number of rotatable bonds is 8. The summed E-state index contributed by atoms with van der Waals surface area (Å²) in [5.41, 5.74) is -1.34. The van der Waals surface area contributed by atoms with Gasteiger partial charge in [-0.05, 0) is 23.4 Å². The molecule has 9 heteroatoms. The van der Waals surface area contributed by atoms with Crippen LogP contribution in [0.2, 0.25) is 0 Å². The highest BCUT2D eigenvalue weighted by Gasteiger charge is 2.34. The normalized spacial score (nSPS) is 13.1. The second-order valence-electron chi connectivity index (χ2n) is 6.39. The topological polar surface area (TPSA) is 67.3 Å². The van der Waals surface area contributed by atoms with Crippen molar-refractivity contribution in [1.29, 1.82) is 0 Å². The van der Waals surface area contributed by atoms with E-state index in [-0.39, 0.29) is 18.7 Å². The Morgan fingerprint density at radius 3 is 2.82 bits per heavy atom. The zero-order valence-electron chi connectivity index (χ0n) is 15.2. The molecule has 0 unspecified atom stereocenters. The molecular weight excluding hydrogens is 384 g/mol. The van der Waals surface area contributed by atoms with Gasteiger partial charge in [0, 0.05) is 18.2 Å². The number of benzene rings is 1. The van der Waals surface area contributed by atoms with Gasteiger partial charge in [0.2, 0.25) is 5.69 Å². The lowest BCUT2D eigenvalue weighted by Gasteiger charge is -2.29. The molecule has 0 aliphatic rings. The van der Waals surface area contributed by atoms with Gasteiger partial charge < -0.3 is 10.4 Å². The second-order valence-corrected chi connectivity index (χ2v) is 7.53. The molecular formula is C19H19F2N5OS. The van der Waals surface area contributed by atoms with E-state index in [4.69, 9.17) is 6.57 Å². The molecule has 2 aromatic heterocycles. The molecule has 0 aliphatic heterocycles. The summed E-state index contributed by atoms with van der Waals surface area (Å²) in [6.45, 7) is 9.22. The van der Waals surface area contributed by atoms with Crippen LogP contribution in [0.25, 0.3) is 4.85 Å². The highest BCUT2D eigenvalue weighted by molar-refractivity contribution is 7.16. The maximum absolute atomic E-state index is 14.4. The smallest absolute Gasteiger partial charge is 0.220 e. The van der Waals surface area contributed by atoms with Crippen molar-refractivity contribution < 1.29 is 13.9 Å². The number of thiophene rings is 1. The number of aromatic nitrogens is 3. The van der Waals surface area contributed by atoms with Crippen molar-refractivity contribution in [2.45, 2.75) is 31.9 Å². The van der Waals surface area contributed by atoms with E-state index in [0.717, 1.165) is 29.9 Å². The molecule has 0 spiro atoms. The lowest BCUT2D eigenvalue weighted by molar-refractivity contribution is 0.0248. The minimum absolute atomic E-state index is 0.0633. The Bertz CT molecular complexity index is 983. The lowest BCUT2D eigenvalue weighted by atomic mass is 9.93. The molecule has 0 saturated carbocycles. The standard InChI is InChI=1S/C19H19F2N5OS/c1-3-4-14-8-17(22-2)18(28-14)24-9-19(27,10-26-12-23-11-25-26)15-6-5-13(20)7-16(15)21/h5-8,11-12,24,27H,3-4,9-10H2,1H3/t19-/m1/s1. The second kappa shape index (κ2) is 8.46. The Kier molecular flexibility index (Phi) is 6.02. The molecule has 3 rings (SSSR count). The Morgan fingerprint density at radius 2 is 2.18 bits per heavy atom. The van der Waals surface area contributed by atoms with Crippen LogP contribution >= 0.6 is 11.3 Å². The van der Waals surface area contributed by atoms with E-state index in [1.54, 1.807) is 0 Å². The molecule has 0 amide bonds. The molecule has 0 fully saturated rings. The lowest BCUT2D eigenvalue weighted by Crippen LogP contribution is -2.39. The highest BCUT2D eigenvalue weighted by atomic mass is 32.1. The van der Waals surface area contributed by atoms with Crippen LogP contribution in [0.3, 0.4) is 0 Å². The van der Waals surface area contributed by atoms with Gasteiger partial charge >= 0.3 is 0 Å². The molecule has 28 heavy (non-hydrogen) atoms. The van der Waals surface area contributed by atoms with Crippen LogP contribution in [0.4, 0.5) is 19.5 Å². The van der Waals surface area contributed by atoms with E-state index in [1.807, 2.05) is 6.07 Å². The van der Waals surface area contributed by atoms with E-state index in [0.29, 0.717) is 10.7 Å². The minimum atomic E-state index is -1.74. The van der Waals surface area contributed by atoms with Crippen LogP contribution in [0, 0.1) is 18.2 Å². The van der Waals surface area contributed by atoms with Gasteiger partial charge in [-0.25, -0.2) is 23.3 Å². The van der Waals surface area contributed by atoms with Crippen molar-refractivity contribution in [3.05, 3.63) is 70.4 Å². The summed E-state index contributed by atoms with van der Waals surface area (Å²) in [4.78, 5) is 8.41. The van der Waals surface area contributed by atoms with E-state index >= 15 is 0 Å². The highest BCUT2D eigenvalue weighted by Crippen LogP contribution is 2.37. The monoisotopic (exact) mass is 403 g/mol. The van der Waals surface area contributed by atoms with Crippen LogP contribution < -0.4 is 5.32 Å². The predicted octanol–water partition coefficient (Wildman–Crippen LogP) is 4.12. The first-order valence-electron chi connectivity index (χ1n) is 8.69. The molecule has 0 saturated heterocycles. The molecule has 2 heterocycles. The van der Waals surface area contributed by atoms with Gasteiger partial charge in [-0.3, -0.25) is 0 Å². The number of nitrogens with zero attached hydrogens (tertiary/aromatic N) is 4. The number of hydrogen-bond donors (Lipinski definition) is 2. The Hall–Kier alpha value is -2.83. The average molecular weight is 403 g/mol. The van der Waals surface area contributed by atoms with Gasteiger partial charge in [0.05, 0.1) is 18.1 Å². The third-order valence-corrected chi connectivity index (χ3v) is 5.39.